The van der Waals surface area contributed by atoms with Gasteiger partial charge in [0.1, 0.15) is 0 Å². The Hall–Kier alpha value is -0.770. The van der Waals surface area contributed by atoms with Crippen molar-refractivity contribution in [2.45, 2.75) is 51.2 Å². The number of likely N-dealkylation sites (tertiary alicyclic amines) is 1. The van der Waals surface area contributed by atoms with Crippen LogP contribution in [0.1, 0.15) is 39.0 Å². The van der Waals surface area contributed by atoms with Gasteiger partial charge in [-0.2, -0.15) is 0 Å². The molecule has 0 radical (unpaired) electrons. The molecule has 2 rings (SSSR count). The first-order valence-corrected chi connectivity index (χ1v) is 6.81. The fourth-order valence-corrected chi connectivity index (χ4v) is 2.85. The van der Waals surface area contributed by atoms with Gasteiger partial charge in [0.15, 0.2) is 5.96 Å². The second-order valence-electron chi connectivity index (χ2n) is 5.41. The zero-order chi connectivity index (χ0) is 12.3. The molecule has 0 spiro atoms. The monoisotopic (exact) mass is 239 g/mol. The molecule has 98 valence electrons. The maximum absolute atomic E-state index is 6.11. The Morgan fingerprint density at radius 1 is 1.29 bits per heavy atom. The molecule has 1 aliphatic heterocycles. The Morgan fingerprint density at radius 2 is 2.00 bits per heavy atom. The minimum atomic E-state index is 0.293. The summed E-state index contributed by atoms with van der Waals surface area (Å²) in [5, 5.41) is 0. The predicted molar refractivity (Wildman–Crippen MR) is 70.0 cm³/mol. The van der Waals surface area contributed by atoms with Gasteiger partial charge < -0.3 is 15.4 Å². The van der Waals surface area contributed by atoms with Crippen LogP contribution < -0.4 is 5.73 Å². The highest BCUT2D eigenvalue weighted by Gasteiger charge is 2.27. The summed E-state index contributed by atoms with van der Waals surface area (Å²) in [6, 6.07) is 0.468. The van der Waals surface area contributed by atoms with E-state index < -0.39 is 0 Å². The van der Waals surface area contributed by atoms with Crippen LogP contribution in [0.3, 0.4) is 0 Å². The molecular formula is C13H25N3O. The summed E-state index contributed by atoms with van der Waals surface area (Å²) in [6.07, 6.45) is 6.45. The number of hydrogen-bond donors (Lipinski definition) is 1. The van der Waals surface area contributed by atoms with Gasteiger partial charge in [0.2, 0.25) is 0 Å². The van der Waals surface area contributed by atoms with Crippen LogP contribution in [0, 0.1) is 5.92 Å². The van der Waals surface area contributed by atoms with Crippen LogP contribution in [0.5, 0.6) is 0 Å². The van der Waals surface area contributed by atoms with Gasteiger partial charge in [0.05, 0.1) is 12.1 Å². The van der Waals surface area contributed by atoms with Crippen molar-refractivity contribution in [3.63, 3.8) is 0 Å². The molecule has 4 nitrogen and oxygen atoms in total. The smallest absolute Gasteiger partial charge is 0.191 e. The highest BCUT2D eigenvalue weighted by molar-refractivity contribution is 5.78. The molecule has 0 aromatic rings. The number of methoxy groups -OCH3 is 1. The van der Waals surface area contributed by atoms with Gasteiger partial charge in [-0.25, -0.2) is 4.99 Å². The average Bonchev–Trinajstić information content (AvgIpc) is 2.82. The first kappa shape index (κ1) is 12.7. The minimum Gasteiger partial charge on any atom is -0.379 e. The van der Waals surface area contributed by atoms with E-state index in [4.69, 9.17) is 10.5 Å². The fourth-order valence-electron chi connectivity index (χ4n) is 2.85. The van der Waals surface area contributed by atoms with E-state index in [9.17, 15) is 0 Å². The number of nitrogens with two attached hydrogens (primary N) is 1. The third-order valence-corrected chi connectivity index (χ3v) is 4.16. The Balaban J connectivity index is 1.92. The molecule has 0 aromatic carbocycles. The zero-order valence-corrected chi connectivity index (χ0v) is 11.1. The number of piperidine rings is 1. The van der Waals surface area contributed by atoms with Crippen molar-refractivity contribution < 1.29 is 4.74 Å². The molecule has 0 aromatic heterocycles. The van der Waals surface area contributed by atoms with E-state index in [-0.39, 0.29) is 0 Å². The fraction of sp³-hybridized carbons (Fsp3) is 0.923. The molecule has 1 aliphatic carbocycles. The topological polar surface area (TPSA) is 50.9 Å². The van der Waals surface area contributed by atoms with Gasteiger partial charge in [-0.05, 0) is 25.2 Å². The largest absolute Gasteiger partial charge is 0.379 e. The Morgan fingerprint density at radius 3 is 2.65 bits per heavy atom. The van der Waals surface area contributed by atoms with Gasteiger partial charge in [-0.3, -0.25) is 0 Å². The summed E-state index contributed by atoms with van der Waals surface area (Å²) in [4.78, 5) is 6.85. The van der Waals surface area contributed by atoms with E-state index in [0.717, 1.165) is 25.5 Å². The van der Waals surface area contributed by atoms with Crippen molar-refractivity contribution in [1.82, 2.24) is 4.90 Å². The minimum absolute atomic E-state index is 0.293. The second kappa shape index (κ2) is 5.71. The van der Waals surface area contributed by atoms with Crippen molar-refractivity contribution in [2.75, 3.05) is 20.2 Å². The van der Waals surface area contributed by atoms with Crippen LogP contribution >= 0.6 is 0 Å². The first-order valence-electron chi connectivity index (χ1n) is 6.81. The molecule has 1 heterocycles. The molecule has 2 aliphatic rings. The molecule has 2 N–H and O–H groups in total. The highest BCUT2D eigenvalue weighted by Crippen LogP contribution is 2.22. The van der Waals surface area contributed by atoms with Gasteiger partial charge in [0.25, 0.3) is 0 Å². The van der Waals surface area contributed by atoms with Gasteiger partial charge in [0, 0.05) is 20.2 Å². The van der Waals surface area contributed by atoms with Gasteiger partial charge in [-0.15, -0.1) is 0 Å². The summed E-state index contributed by atoms with van der Waals surface area (Å²) in [5.41, 5.74) is 6.11. The van der Waals surface area contributed by atoms with E-state index in [1.54, 1.807) is 7.11 Å². The third kappa shape index (κ3) is 3.12. The summed E-state index contributed by atoms with van der Waals surface area (Å²) >= 11 is 0. The average molecular weight is 239 g/mol. The summed E-state index contributed by atoms with van der Waals surface area (Å²) in [7, 11) is 1.79. The van der Waals surface area contributed by atoms with E-state index in [0.29, 0.717) is 18.1 Å². The molecule has 4 heteroatoms. The molecule has 0 amide bonds. The summed E-state index contributed by atoms with van der Waals surface area (Å²) in [5.74, 6) is 1.35. The van der Waals surface area contributed by atoms with Crippen molar-refractivity contribution in [1.29, 1.82) is 0 Å². The Labute approximate surface area is 104 Å². The zero-order valence-electron chi connectivity index (χ0n) is 11.1. The summed E-state index contributed by atoms with van der Waals surface area (Å²) < 4.78 is 5.50. The van der Waals surface area contributed by atoms with Crippen LogP contribution in [-0.2, 0) is 4.74 Å². The predicted octanol–water partition coefficient (Wildman–Crippen LogP) is 1.60. The van der Waals surface area contributed by atoms with Gasteiger partial charge >= 0.3 is 0 Å². The molecule has 2 unspecified atom stereocenters. The number of rotatable bonds is 2. The number of guanidine groups is 1. The normalized spacial score (nSPS) is 32.1. The third-order valence-electron chi connectivity index (χ3n) is 4.16. The first-order chi connectivity index (χ1) is 8.20. The number of aliphatic imine (C=N–C) groups is 1. The SMILES string of the molecule is COC1CN(C(N)=NC2CCCC2)CCC1C. The van der Waals surface area contributed by atoms with Crippen LogP contribution in [0.15, 0.2) is 4.99 Å². The standard InChI is InChI=1S/C13H25N3O/c1-10-7-8-16(9-12(10)17-2)13(14)15-11-5-3-4-6-11/h10-12H,3-9H2,1-2H3,(H2,14,15). The lowest BCUT2D eigenvalue weighted by Crippen LogP contribution is -2.49. The van der Waals surface area contributed by atoms with E-state index in [2.05, 4.69) is 16.8 Å². The molecular weight excluding hydrogens is 214 g/mol. The maximum atomic E-state index is 6.11. The Kier molecular flexibility index (Phi) is 4.26. The van der Waals surface area contributed by atoms with E-state index in [1.807, 2.05) is 0 Å². The van der Waals surface area contributed by atoms with Crippen molar-refractivity contribution in [2.24, 2.45) is 16.6 Å². The molecule has 1 saturated heterocycles. The van der Waals surface area contributed by atoms with Crippen LogP contribution in [0.2, 0.25) is 0 Å². The molecule has 2 fully saturated rings. The van der Waals surface area contributed by atoms with Crippen LogP contribution in [0.25, 0.3) is 0 Å². The number of ether oxygens (including phenoxy) is 1. The molecule has 0 bridgehead atoms. The quantitative estimate of drug-likeness (QED) is 0.588. The number of nitrogens with zero attached hydrogens (tertiary/aromatic N) is 2. The molecule has 17 heavy (non-hydrogen) atoms. The van der Waals surface area contributed by atoms with Crippen molar-refractivity contribution >= 4 is 5.96 Å². The van der Waals surface area contributed by atoms with Crippen molar-refractivity contribution in [3.8, 4) is 0 Å². The Bertz CT molecular complexity index is 274. The van der Waals surface area contributed by atoms with Gasteiger partial charge in [-0.1, -0.05) is 19.8 Å². The lowest BCUT2D eigenvalue weighted by molar-refractivity contribution is 0.0145. The summed E-state index contributed by atoms with van der Waals surface area (Å²) in [6.45, 7) is 4.15. The lowest BCUT2D eigenvalue weighted by atomic mass is 9.96. The van der Waals surface area contributed by atoms with Crippen LogP contribution in [0.4, 0.5) is 0 Å². The molecule has 2 atom stereocenters. The van der Waals surface area contributed by atoms with Crippen LogP contribution in [-0.4, -0.2) is 43.2 Å². The second-order valence-corrected chi connectivity index (χ2v) is 5.41. The van der Waals surface area contributed by atoms with E-state index in [1.165, 1.54) is 25.7 Å². The molecule has 1 saturated carbocycles. The maximum Gasteiger partial charge on any atom is 0.191 e. The highest BCUT2D eigenvalue weighted by atomic mass is 16.5. The van der Waals surface area contributed by atoms with E-state index >= 15 is 0 Å². The lowest BCUT2D eigenvalue weighted by Gasteiger charge is -2.37. The van der Waals surface area contributed by atoms with Crippen molar-refractivity contribution in [3.05, 3.63) is 0 Å². The number of hydrogen-bond acceptors (Lipinski definition) is 2.